The number of rotatable bonds is 5. The SMILES string of the molecule is C=C(C)CCC[C@@H](C)C1CC=C(C)CC1. The van der Waals surface area contributed by atoms with Crippen LogP contribution in [0, 0.1) is 11.8 Å². The third kappa shape index (κ3) is 4.68. The summed E-state index contributed by atoms with van der Waals surface area (Å²) in [6, 6.07) is 0. The molecule has 1 aliphatic rings. The van der Waals surface area contributed by atoms with E-state index in [0.717, 1.165) is 11.8 Å². The van der Waals surface area contributed by atoms with Crippen LogP contribution in [0.2, 0.25) is 0 Å². The van der Waals surface area contributed by atoms with Crippen LogP contribution < -0.4 is 0 Å². The van der Waals surface area contributed by atoms with Crippen molar-refractivity contribution < 1.29 is 0 Å². The van der Waals surface area contributed by atoms with Crippen LogP contribution in [-0.4, -0.2) is 0 Å². The van der Waals surface area contributed by atoms with Crippen LogP contribution in [0.1, 0.15) is 59.3 Å². The lowest BCUT2D eigenvalue weighted by Crippen LogP contribution is -2.14. The van der Waals surface area contributed by atoms with Crippen LogP contribution in [0.25, 0.3) is 0 Å². The third-order valence-electron chi connectivity index (χ3n) is 3.75. The second kappa shape index (κ2) is 6.15. The Morgan fingerprint density at radius 2 is 2.33 bits per heavy atom. The molecule has 0 bridgehead atoms. The summed E-state index contributed by atoms with van der Waals surface area (Å²) < 4.78 is 0. The van der Waals surface area contributed by atoms with Crippen LogP contribution >= 0.6 is 0 Å². The molecule has 0 aromatic rings. The van der Waals surface area contributed by atoms with E-state index in [0.29, 0.717) is 0 Å². The lowest BCUT2D eigenvalue weighted by atomic mass is 9.79. The minimum Gasteiger partial charge on any atom is -0.100 e. The van der Waals surface area contributed by atoms with Gasteiger partial charge in [-0.05, 0) is 57.8 Å². The van der Waals surface area contributed by atoms with Gasteiger partial charge in [-0.25, -0.2) is 0 Å². The zero-order valence-electron chi connectivity index (χ0n) is 10.7. The fourth-order valence-electron chi connectivity index (χ4n) is 2.46. The molecule has 0 spiro atoms. The predicted octanol–water partition coefficient (Wildman–Crippen LogP) is 5.12. The largest absolute Gasteiger partial charge is 0.100 e. The number of allylic oxidation sites excluding steroid dienone is 3. The lowest BCUT2D eigenvalue weighted by molar-refractivity contribution is 0.305. The minimum absolute atomic E-state index is 0.897. The summed E-state index contributed by atoms with van der Waals surface area (Å²) in [6.07, 6.45) is 10.4. The summed E-state index contributed by atoms with van der Waals surface area (Å²) in [6.45, 7) is 10.8. The maximum absolute atomic E-state index is 3.96. The van der Waals surface area contributed by atoms with E-state index in [2.05, 4.69) is 33.4 Å². The van der Waals surface area contributed by atoms with Gasteiger partial charge in [-0.15, -0.1) is 6.58 Å². The highest BCUT2D eigenvalue weighted by Crippen LogP contribution is 2.31. The molecule has 0 amide bonds. The highest BCUT2D eigenvalue weighted by atomic mass is 14.2. The first-order chi connectivity index (χ1) is 7.09. The molecule has 0 N–H and O–H groups in total. The summed E-state index contributed by atoms with van der Waals surface area (Å²) in [5.41, 5.74) is 2.93. The molecule has 1 unspecified atom stereocenters. The molecule has 0 heteroatoms. The van der Waals surface area contributed by atoms with Gasteiger partial charge in [0.15, 0.2) is 0 Å². The summed E-state index contributed by atoms with van der Waals surface area (Å²) in [5, 5.41) is 0. The zero-order chi connectivity index (χ0) is 11.3. The Morgan fingerprint density at radius 3 is 2.87 bits per heavy atom. The Balaban J connectivity index is 2.22. The minimum atomic E-state index is 0.897. The average molecular weight is 206 g/mol. The third-order valence-corrected chi connectivity index (χ3v) is 3.75. The molecule has 0 saturated heterocycles. The van der Waals surface area contributed by atoms with Crippen molar-refractivity contribution in [1.29, 1.82) is 0 Å². The molecule has 2 atom stereocenters. The predicted molar refractivity (Wildman–Crippen MR) is 68.9 cm³/mol. The van der Waals surface area contributed by atoms with Crippen molar-refractivity contribution in [1.82, 2.24) is 0 Å². The van der Waals surface area contributed by atoms with E-state index in [1.54, 1.807) is 5.57 Å². The van der Waals surface area contributed by atoms with Gasteiger partial charge in [0, 0.05) is 0 Å². The Kier molecular flexibility index (Phi) is 5.14. The van der Waals surface area contributed by atoms with Crippen molar-refractivity contribution in [2.24, 2.45) is 11.8 Å². The van der Waals surface area contributed by atoms with Gasteiger partial charge in [0.2, 0.25) is 0 Å². The topological polar surface area (TPSA) is 0 Å². The molecule has 0 nitrogen and oxygen atoms in total. The van der Waals surface area contributed by atoms with E-state index in [4.69, 9.17) is 0 Å². The Morgan fingerprint density at radius 1 is 1.60 bits per heavy atom. The van der Waals surface area contributed by atoms with Gasteiger partial charge in [0.1, 0.15) is 0 Å². The van der Waals surface area contributed by atoms with Crippen LogP contribution in [0.15, 0.2) is 23.8 Å². The highest BCUT2D eigenvalue weighted by Gasteiger charge is 2.18. The van der Waals surface area contributed by atoms with Crippen molar-refractivity contribution in [3.05, 3.63) is 23.8 Å². The van der Waals surface area contributed by atoms with Crippen molar-refractivity contribution in [2.45, 2.75) is 59.3 Å². The molecule has 86 valence electrons. The molecule has 0 aromatic heterocycles. The maximum Gasteiger partial charge on any atom is -0.0317 e. The van der Waals surface area contributed by atoms with E-state index >= 15 is 0 Å². The highest BCUT2D eigenvalue weighted by molar-refractivity contribution is 5.03. The summed E-state index contributed by atoms with van der Waals surface area (Å²) in [5.74, 6) is 1.84. The molecule has 0 aliphatic heterocycles. The van der Waals surface area contributed by atoms with Gasteiger partial charge in [-0.2, -0.15) is 0 Å². The molecule has 0 aromatic carbocycles. The molecule has 15 heavy (non-hydrogen) atoms. The second-order valence-electron chi connectivity index (χ2n) is 5.41. The van der Waals surface area contributed by atoms with E-state index in [1.807, 2.05) is 0 Å². The molecular formula is C15H26. The van der Waals surface area contributed by atoms with E-state index < -0.39 is 0 Å². The van der Waals surface area contributed by atoms with Gasteiger partial charge in [-0.1, -0.05) is 30.6 Å². The maximum atomic E-state index is 3.96. The lowest BCUT2D eigenvalue weighted by Gasteiger charge is -2.26. The fourth-order valence-corrected chi connectivity index (χ4v) is 2.46. The molecular weight excluding hydrogens is 180 g/mol. The molecule has 1 rings (SSSR count). The van der Waals surface area contributed by atoms with Crippen LogP contribution in [0.4, 0.5) is 0 Å². The van der Waals surface area contributed by atoms with Crippen molar-refractivity contribution in [2.75, 3.05) is 0 Å². The molecule has 1 aliphatic carbocycles. The smallest absolute Gasteiger partial charge is 0.0317 e. The van der Waals surface area contributed by atoms with Gasteiger partial charge in [0.05, 0.1) is 0 Å². The van der Waals surface area contributed by atoms with Gasteiger partial charge in [-0.3, -0.25) is 0 Å². The standard InChI is InChI=1S/C15H26/c1-12(2)6-5-7-14(4)15-10-8-13(3)9-11-15/h8,14-15H,1,5-7,9-11H2,2-4H3/t14-,15?/m1/s1. The molecule has 0 saturated carbocycles. The molecule has 0 radical (unpaired) electrons. The van der Waals surface area contributed by atoms with Crippen molar-refractivity contribution >= 4 is 0 Å². The Hall–Kier alpha value is -0.520. The quantitative estimate of drug-likeness (QED) is 0.548. The molecule has 0 heterocycles. The van der Waals surface area contributed by atoms with Gasteiger partial charge >= 0.3 is 0 Å². The first-order valence-electron chi connectivity index (χ1n) is 6.39. The Labute approximate surface area is 95.5 Å². The Bertz CT molecular complexity index is 234. The summed E-state index contributed by atoms with van der Waals surface area (Å²) in [7, 11) is 0. The second-order valence-corrected chi connectivity index (χ2v) is 5.41. The van der Waals surface area contributed by atoms with Crippen molar-refractivity contribution in [3.63, 3.8) is 0 Å². The van der Waals surface area contributed by atoms with Crippen LogP contribution in [0.3, 0.4) is 0 Å². The van der Waals surface area contributed by atoms with Gasteiger partial charge in [0.25, 0.3) is 0 Å². The van der Waals surface area contributed by atoms with Crippen LogP contribution in [-0.2, 0) is 0 Å². The van der Waals surface area contributed by atoms with Gasteiger partial charge < -0.3 is 0 Å². The van der Waals surface area contributed by atoms with Crippen LogP contribution in [0.5, 0.6) is 0 Å². The summed E-state index contributed by atoms with van der Waals surface area (Å²) >= 11 is 0. The zero-order valence-corrected chi connectivity index (χ0v) is 10.7. The first kappa shape index (κ1) is 12.5. The number of hydrogen-bond donors (Lipinski definition) is 0. The average Bonchev–Trinajstić information content (AvgIpc) is 2.18. The fraction of sp³-hybridized carbons (Fsp3) is 0.733. The van der Waals surface area contributed by atoms with E-state index in [-0.39, 0.29) is 0 Å². The monoisotopic (exact) mass is 206 g/mol. The van der Waals surface area contributed by atoms with E-state index in [1.165, 1.54) is 44.1 Å². The van der Waals surface area contributed by atoms with Crippen molar-refractivity contribution in [3.8, 4) is 0 Å². The number of hydrogen-bond acceptors (Lipinski definition) is 0. The normalized spacial score (nSPS) is 23.4. The first-order valence-corrected chi connectivity index (χ1v) is 6.39. The van der Waals surface area contributed by atoms with E-state index in [9.17, 15) is 0 Å². The molecule has 0 fully saturated rings. The summed E-state index contributed by atoms with van der Waals surface area (Å²) in [4.78, 5) is 0.